The highest BCUT2D eigenvalue weighted by Gasteiger charge is 2.08. The Morgan fingerprint density at radius 2 is 1.80 bits per heavy atom. The first-order valence-corrected chi connectivity index (χ1v) is 6.49. The lowest BCUT2D eigenvalue weighted by Gasteiger charge is -2.28. The molecule has 1 heteroatoms. The van der Waals surface area contributed by atoms with Crippen molar-refractivity contribution in [2.24, 2.45) is 0 Å². The number of hydrogen-bond donors (Lipinski definition) is 0. The van der Waals surface area contributed by atoms with Crippen molar-refractivity contribution in [3.8, 4) is 0 Å². The van der Waals surface area contributed by atoms with E-state index < -0.39 is 0 Å². The number of unbranched alkanes of at least 4 members (excludes halogenated alkanes) is 2. The lowest BCUT2D eigenvalue weighted by molar-refractivity contribution is 0.319. The monoisotopic (exact) mass is 207 g/mol. The highest BCUT2D eigenvalue weighted by Crippen LogP contribution is 2.17. The van der Waals surface area contributed by atoms with Crippen LogP contribution in [0.15, 0.2) is 23.9 Å². The predicted octanol–water partition coefficient (Wildman–Crippen LogP) is 4.12. The quantitative estimate of drug-likeness (QED) is 0.607. The molecule has 0 amide bonds. The number of rotatable bonds is 7. The zero-order chi connectivity index (χ0) is 10.9. The van der Waals surface area contributed by atoms with Crippen LogP contribution in [0.25, 0.3) is 0 Å². The van der Waals surface area contributed by atoms with Crippen LogP contribution in [0.2, 0.25) is 0 Å². The van der Waals surface area contributed by atoms with Gasteiger partial charge in [0, 0.05) is 18.8 Å². The lowest BCUT2D eigenvalue weighted by Crippen LogP contribution is -2.25. The van der Waals surface area contributed by atoms with Crippen molar-refractivity contribution in [1.82, 2.24) is 4.90 Å². The maximum absolute atomic E-state index is 2.59. The largest absolute Gasteiger partial charge is 0.375 e. The van der Waals surface area contributed by atoms with E-state index in [9.17, 15) is 0 Å². The van der Waals surface area contributed by atoms with Crippen LogP contribution in [0, 0.1) is 0 Å². The molecule has 0 fully saturated rings. The first-order valence-electron chi connectivity index (χ1n) is 6.49. The summed E-state index contributed by atoms with van der Waals surface area (Å²) in [5.74, 6) is 0. The summed E-state index contributed by atoms with van der Waals surface area (Å²) in [6, 6.07) is 0. The first-order chi connectivity index (χ1) is 7.38. The Morgan fingerprint density at radius 3 is 2.27 bits per heavy atom. The molecule has 0 aromatic rings. The van der Waals surface area contributed by atoms with Crippen LogP contribution in [-0.4, -0.2) is 18.0 Å². The molecule has 1 rings (SSSR count). The molecule has 0 radical (unpaired) electrons. The van der Waals surface area contributed by atoms with Crippen molar-refractivity contribution < 1.29 is 0 Å². The minimum atomic E-state index is 1.22. The third kappa shape index (κ3) is 4.55. The topological polar surface area (TPSA) is 3.24 Å². The smallest absolute Gasteiger partial charge is 0.0174 e. The molecule has 1 nitrogen and oxygen atoms in total. The van der Waals surface area contributed by atoms with Gasteiger partial charge >= 0.3 is 0 Å². The Hall–Kier alpha value is -0.720. The van der Waals surface area contributed by atoms with E-state index in [0.717, 1.165) is 0 Å². The van der Waals surface area contributed by atoms with Crippen LogP contribution >= 0.6 is 0 Å². The minimum Gasteiger partial charge on any atom is -0.375 e. The molecular weight excluding hydrogens is 182 g/mol. The highest BCUT2D eigenvalue weighted by atomic mass is 15.1. The molecule has 15 heavy (non-hydrogen) atoms. The standard InChI is InChI=1S/C14H25N/c1-3-5-12-15(13-6-4-2)14-10-8-7-9-11-14/h7-8,10H,3-6,9,11-13H2,1-2H3. The lowest BCUT2D eigenvalue weighted by atomic mass is 10.1. The molecule has 0 aromatic carbocycles. The molecule has 1 aliphatic carbocycles. The second-order valence-electron chi connectivity index (χ2n) is 4.32. The van der Waals surface area contributed by atoms with Gasteiger partial charge in [-0.1, -0.05) is 38.8 Å². The molecule has 0 aliphatic heterocycles. The molecule has 0 aromatic heterocycles. The van der Waals surface area contributed by atoms with Crippen LogP contribution in [0.3, 0.4) is 0 Å². The minimum absolute atomic E-state index is 1.22. The molecule has 0 atom stereocenters. The Labute approximate surface area is 94.9 Å². The van der Waals surface area contributed by atoms with Gasteiger partial charge in [0.2, 0.25) is 0 Å². The number of nitrogens with zero attached hydrogens (tertiary/aromatic N) is 1. The summed E-state index contributed by atoms with van der Waals surface area (Å²) in [6.07, 6.45) is 14.5. The number of allylic oxidation sites excluding steroid dienone is 4. The van der Waals surface area contributed by atoms with Gasteiger partial charge < -0.3 is 4.90 Å². The molecule has 0 saturated heterocycles. The SMILES string of the molecule is CCCCN(CCCC)C1=CC=CCC1. The molecule has 0 bridgehead atoms. The van der Waals surface area contributed by atoms with Crippen molar-refractivity contribution in [2.45, 2.75) is 52.4 Å². The van der Waals surface area contributed by atoms with E-state index in [1.54, 1.807) is 5.70 Å². The van der Waals surface area contributed by atoms with Crippen LogP contribution in [-0.2, 0) is 0 Å². The zero-order valence-electron chi connectivity index (χ0n) is 10.3. The summed E-state index contributed by atoms with van der Waals surface area (Å²) < 4.78 is 0. The molecule has 0 saturated carbocycles. The van der Waals surface area contributed by atoms with Gasteiger partial charge in [-0.2, -0.15) is 0 Å². The zero-order valence-corrected chi connectivity index (χ0v) is 10.3. The predicted molar refractivity (Wildman–Crippen MR) is 67.8 cm³/mol. The Bertz CT molecular complexity index is 207. The fraction of sp³-hybridized carbons (Fsp3) is 0.714. The van der Waals surface area contributed by atoms with E-state index in [4.69, 9.17) is 0 Å². The Balaban J connectivity index is 2.45. The second kappa shape index (κ2) is 7.56. The third-order valence-corrected chi connectivity index (χ3v) is 2.96. The summed E-state index contributed by atoms with van der Waals surface area (Å²) in [6.45, 7) is 7.03. The van der Waals surface area contributed by atoms with Gasteiger partial charge in [0.05, 0.1) is 0 Å². The van der Waals surface area contributed by atoms with Gasteiger partial charge in [0.25, 0.3) is 0 Å². The van der Waals surface area contributed by atoms with E-state index in [-0.39, 0.29) is 0 Å². The maximum Gasteiger partial charge on any atom is 0.0174 e. The maximum atomic E-state index is 2.59. The van der Waals surface area contributed by atoms with Crippen LogP contribution in [0.1, 0.15) is 52.4 Å². The van der Waals surface area contributed by atoms with Crippen LogP contribution in [0.4, 0.5) is 0 Å². The first kappa shape index (κ1) is 12.4. The van der Waals surface area contributed by atoms with Gasteiger partial charge in [-0.15, -0.1) is 0 Å². The van der Waals surface area contributed by atoms with Crippen LogP contribution in [0.5, 0.6) is 0 Å². The average Bonchev–Trinajstić information content (AvgIpc) is 2.30. The van der Waals surface area contributed by atoms with Crippen molar-refractivity contribution >= 4 is 0 Å². The van der Waals surface area contributed by atoms with E-state index in [1.807, 2.05) is 0 Å². The summed E-state index contributed by atoms with van der Waals surface area (Å²) in [4.78, 5) is 2.59. The van der Waals surface area contributed by atoms with Crippen molar-refractivity contribution in [2.75, 3.05) is 13.1 Å². The van der Waals surface area contributed by atoms with Crippen molar-refractivity contribution in [3.05, 3.63) is 23.9 Å². The van der Waals surface area contributed by atoms with Crippen LogP contribution < -0.4 is 0 Å². The molecule has 0 N–H and O–H groups in total. The second-order valence-corrected chi connectivity index (χ2v) is 4.32. The van der Waals surface area contributed by atoms with Gasteiger partial charge in [0.15, 0.2) is 0 Å². The van der Waals surface area contributed by atoms with Crippen molar-refractivity contribution in [1.29, 1.82) is 0 Å². The molecule has 0 unspecified atom stereocenters. The fourth-order valence-corrected chi connectivity index (χ4v) is 1.95. The fourth-order valence-electron chi connectivity index (χ4n) is 1.95. The van der Waals surface area contributed by atoms with E-state index in [0.29, 0.717) is 0 Å². The molecular formula is C14H25N. The highest BCUT2D eigenvalue weighted by molar-refractivity contribution is 5.16. The number of hydrogen-bond acceptors (Lipinski definition) is 1. The molecule has 86 valence electrons. The van der Waals surface area contributed by atoms with Gasteiger partial charge in [-0.3, -0.25) is 0 Å². The normalized spacial score (nSPS) is 15.2. The van der Waals surface area contributed by atoms with Gasteiger partial charge in [-0.05, 0) is 31.8 Å². The Morgan fingerprint density at radius 1 is 1.13 bits per heavy atom. The van der Waals surface area contributed by atoms with E-state index in [2.05, 4.69) is 37.0 Å². The van der Waals surface area contributed by atoms with Gasteiger partial charge in [-0.25, -0.2) is 0 Å². The molecule has 0 spiro atoms. The summed E-state index contributed by atoms with van der Waals surface area (Å²) >= 11 is 0. The van der Waals surface area contributed by atoms with E-state index >= 15 is 0 Å². The molecule has 1 aliphatic rings. The average molecular weight is 207 g/mol. The third-order valence-electron chi connectivity index (χ3n) is 2.96. The van der Waals surface area contributed by atoms with Gasteiger partial charge in [0.1, 0.15) is 0 Å². The summed E-state index contributed by atoms with van der Waals surface area (Å²) in [5, 5.41) is 0. The Kier molecular flexibility index (Phi) is 6.22. The molecule has 0 heterocycles. The van der Waals surface area contributed by atoms with Crippen molar-refractivity contribution in [3.63, 3.8) is 0 Å². The summed E-state index contributed by atoms with van der Waals surface area (Å²) in [7, 11) is 0. The van der Waals surface area contributed by atoms with E-state index in [1.165, 1.54) is 51.6 Å². The summed E-state index contributed by atoms with van der Waals surface area (Å²) in [5.41, 5.74) is 1.56.